The van der Waals surface area contributed by atoms with E-state index < -0.39 is 34.7 Å². The Morgan fingerprint density at radius 2 is 2.12 bits per heavy atom. The summed E-state index contributed by atoms with van der Waals surface area (Å²) >= 11 is 0. The van der Waals surface area contributed by atoms with Gasteiger partial charge >= 0.3 is 6.61 Å². The number of ether oxygens (including phenoxy) is 1. The smallest absolute Gasteiger partial charge is 0.387 e. The van der Waals surface area contributed by atoms with E-state index in [2.05, 4.69) is 30.3 Å². The van der Waals surface area contributed by atoms with Gasteiger partial charge in [-0.1, -0.05) is 0 Å². The van der Waals surface area contributed by atoms with Crippen LogP contribution in [-0.4, -0.2) is 63.2 Å². The van der Waals surface area contributed by atoms with Gasteiger partial charge in [-0.2, -0.15) is 19.0 Å². The van der Waals surface area contributed by atoms with Crippen molar-refractivity contribution in [1.82, 2.24) is 24.8 Å². The van der Waals surface area contributed by atoms with E-state index in [9.17, 15) is 22.0 Å². The number of nitrogens with zero attached hydrogens (tertiary/aromatic N) is 4. The highest BCUT2D eigenvalue weighted by molar-refractivity contribution is 7.91. The van der Waals surface area contributed by atoms with E-state index in [4.69, 9.17) is 5.11 Å². The highest BCUT2D eigenvalue weighted by Gasteiger charge is 2.21. The number of carbonyl (C=O) groups excluding carboxylic acids is 1. The number of aromatic amines is 1. The number of aromatic nitrogens is 5. The number of H-pyrrole nitrogens is 1. The maximum absolute atomic E-state index is 12.9. The first kappa shape index (κ1) is 23.3. The van der Waals surface area contributed by atoms with Crippen LogP contribution in [0.4, 0.5) is 14.5 Å². The summed E-state index contributed by atoms with van der Waals surface area (Å²) < 4.78 is 56.4. The van der Waals surface area contributed by atoms with E-state index in [1.54, 1.807) is 12.3 Å². The lowest BCUT2D eigenvalue weighted by Gasteiger charge is -2.13. The molecule has 0 spiro atoms. The molecule has 0 radical (unpaired) electrons. The molecule has 0 aliphatic heterocycles. The highest BCUT2D eigenvalue weighted by Crippen LogP contribution is 2.29. The molecule has 178 valence electrons. The molecule has 1 amide bonds. The van der Waals surface area contributed by atoms with Crippen LogP contribution in [-0.2, 0) is 16.3 Å². The van der Waals surface area contributed by atoms with Crippen molar-refractivity contribution in [1.29, 1.82) is 0 Å². The van der Waals surface area contributed by atoms with Gasteiger partial charge in [-0.25, -0.2) is 17.9 Å². The fourth-order valence-electron chi connectivity index (χ4n) is 3.26. The Hall–Kier alpha value is -3.91. The van der Waals surface area contributed by atoms with Crippen LogP contribution < -0.4 is 10.1 Å². The molecule has 3 heterocycles. The van der Waals surface area contributed by atoms with Gasteiger partial charge < -0.3 is 15.2 Å². The van der Waals surface area contributed by atoms with Crippen LogP contribution in [0.5, 0.6) is 5.75 Å². The number of nitrogens with one attached hydrogen (secondary N) is 2. The van der Waals surface area contributed by atoms with Gasteiger partial charge in [0.15, 0.2) is 15.5 Å². The molecular weight excluding hydrogens is 474 g/mol. The van der Waals surface area contributed by atoms with E-state index in [1.807, 2.05) is 0 Å². The van der Waals surface area contributed by atoms with Crippen molar-refractivity contribution in [3.8, 4) is 5.75 Å². The monoisotopic (exact) mass is 492 g/mol. The number of benzene rings is 1. The third-order valence-corrected chi connectivity index (χ3v) is 6.52. The number of amides is 1. The average molecular weight is 492 g/mol. The van der Waals surface area contributed by atoms with Gasteiger partial charge in [0.25, 0.3) is 5.91 Å². The first-order chi connectivity index (χ1) is 16.3. The molecule has 1 aromatic carbocycles. The lowest BCUT2D eigenvalue weighted by molar-refractivity contribution is -0.0504. The highest BCUT2D eigenvalue weighted by atomic mass is 32.2. The molecule has 14 heteroatoms. The summed E-state index contributed by atoms with van der Waals surface area (Å²) in [5, 5.41) is 22.3. The molecule has 3 N–H and O–H groups in total. The fourth-order valence-corrected chi connectivity index (χ4v) is 4.33. The quantitative estimate of drug-likeness (QED) is 0.319. The molecule has 0 aliphatic rings. The number of rotatable bonds is 9. The summed E-state index contributed by atoms with van der Waals surface area (Å²) in [5.41, 5.74) is 1.20. The Morgan fingerprint density at radius 3 is 2.88 bits per heavy atom. The Morgan fingerprint density at radius 1 is 1.29 bits per heavy atom. The normalized spacial score (nSPS) is 11.8. The Labute approximate surface area is 191 Å². The number of hydrogen-bond acceptors (Lipinski definition) is 8. The van der Waals surface area contributed by atoms with Crippen LogP contribution in [0.1, 0.15) is 21.6 Å². The second kappa shape index (κ2) is 9.52. The molecule has 3 aromatic heterocycles. The van der Waals surface area contributed by atoms with Crippen molar-refractivity contribution in [2.24, 2.45) is 0 Å². The molecule has 4 aromatic rings. The predicted molar refractivity (Wildman–Crippen MR) is 115 cm³/mol. The molecular formula is C20H18F2N6O5S. The molecule has 34 heavy (non-hydrogen) atoms. The lowest BCUT2D eigenvalue weighted by atomic mass is 10.1. The molecule has 0 unspecified atom stereocenters. The number of fused-ring (bicyclic) bond motifs is 1. The zero-order chi connectivity index (χ0) is 24.3. The fraction of sp³-hybridized carbons (Fsp3) is 0.200. The van der Waals surface area contributed by atoms with Gasteiger partial charge in [0.05, 0.1) is 41.0 Å². The van der Waals surface area contributed by atoms with Gasteiger partial charge in [-0.05, 0) is 24.3 Å². The number of anilines is 1. The number of carbonyl (C=O) groups is 1. The van der Waals surface area contributed by atoms with Crippen molar-refractivity contribution in [3.05, 3.63) is 65.9 Å². The molecule has 0 saturated heterocycles. The van der Waals surface area contributed by atoms with Crippen LogP contribution in [0, 0.1) is 0 Å². The van der Waals surface area contributed by atoms with Crippen LogP contribution in [0.15, 0.2) is 53.9 Å². The van der Waals surface area contributed by atoms with Crippen molar-refractivity contribution in [2.75, 3.05) is 17.7 Å². The molecule has 0 bridgehead atoms. The largest absolute Gasteiger partial charge is 0.435 e. The summed E-state index contributed by atoms with van der Waals surface area (Å²) in [7, 11) is -3.84. The average Bonchev–Trinajstić information content (AvgIpc) is 3.41. The van der Waals surface area contributed by atoms with Crippen molar-refractivity contribution < 1.29 is 31.8 Å². The molecule has 0 aliphatic carbocycles. The second-order valence-electron chi connectivity index (χ2n) is 7.03. The van der Waals surface area contributed by atoms with E-state index in [0.29, 0.717) is 11.3 Å². The minimum Gasteiger partial charge on any atom is -0.435 e. The summed E-state index contributed by atoms with van der Waals surface area (Å²) in [4.78, 5) is 16.7. The first-order valence-corrected chi connectivity index (χ1v) is 11.5. The molecule has 11 nitrogen and oxygen atoms in total. The van der Waals surface area contributed by atoms with E-state index in [-0.39, 0.29) is 33.9 Å². The molecule has 4 rings (SSSR count). The van der Waals surface area contributed by atoms with Gasteiger partial charge in [-0.3, -0.25) is 9.89 Å². The maximum atomic E-state index is 12.9. The van der Waals surface area contributed by atoms with Gasteiger partial charge in [-0.15, -0.1) is 0 Å². The molecule has 0 atom stereocenters. The van der Waals surface area contributed by atoms with Crippen molar-refractivity contribution >= 4 is 27.1 Å². The van der Waals surface area contributed by atoms with E-state index in [0.717, 1.165) is 12.1 Å². The van der Waals surface area contributed by atoms with Crippen LogP contribution in [0.2, 0.25) is 0 Å². The number of aliphatic hydroxyl groups excluding tert-OH is 1. The van der Waals surface area contributed by atoms with Crippen molar-refractivity contribution in [2.45, 2.75) is 17.9 Å². The zero-order valence-electron chi connectivity index (χ0n) is 17.4. The Kier molecular flexibility index (Phi) is 6.51. The third-order valence-electron chi connectivity index (χ3n) is 4.82. The van der Waals surface area contributed by atoms with E-state index >= 15 is 0 Å². The van der Waals surface area contributed by atoms with E-state index in [1.165, 1.54) is 29.2 Å². The summed E-state index contributed by atoms with van der Waals surface area (Å²) in [6.45, 7) is -3.73. The van der Waals surface area contributed by atoms with Crippen LogP contribution >= 0.6 is 0 Å². The van der Waals surface area contributed by atoms with Gasteiger partial charge in [0.2, 0.25) is 0 Å². The minimum absolute atomic E-state index is 0.108. The minimum atomic E-state index is -3.84. The summed E-state index contributed by atoms with van der Waals surface area (Å²) in [6.07, 6.45) is 5.70. The number of sulfone groups is 1. The van der Waals surface area contributed by atoms with Gasteiger partial charge in [0, 0.05) is 24.4 Å². The predicted octanol–water partition coefficient (Wildman–Crippen LogP) is 1.66. The SMILES string of the molecule is O=C(Nc1cn[nH]c1Cc1cc(S(=O)(=O)CCO)ccc1OC(F)F)c1cnn2cccnc12. The number of alkyl halides is 2. The zero-order valence-corrected chi connectivity index (χ0v) is 18.2. The Balaban J connectivity index is 1.63. The third kappa shape index (κ3) is 4.87. The number of halogens is 2. The first-order valence-electron chi connectivity index (χ1n) is 9.82. The maximum Gasteiger partial charge on any atom is 0.387 e. The number of aliphatic hydroxyl groups is 1. The molecule has 0 saturated carbocycles. The van der Waals surface area contributed by atoms with Crippen LogP contribution in [0.3, 0.4) is 0 Å². The van der Waals surface area contributed by atoms with Crippen molar-refractivity contribution in [3.63, 3.8) is 0 Å². The summed E-state index contributed by atoms with van der Waals surface area (Å²) in [6, 6.07) is 5.08. The lowest BCUT2D eigenvalue weighted by Crippen LogP contribution is -2.14. The Bertz CT molecular complexity index is 1440. The standard InChI is InChI=1S/C20H18F2N6O5S/c21-20(22)33-17-3-2-13(34(31,32)7-6-29)8-12(17)9-15-16(11-24-27-15)26-19(30)14-10-25-28-5-1-4-23-18(14)28/h1-5,8,10-11,20,29H,6-7,9H2,(H,24,27)(H,26,30). The van der Waals surface area contributed by atoms with Gasteiger partial charge in [0.1, 0.15) is 11.3 Å². The topological polar surface area (TPSA) is 152 Å². The number of hydrogen-bond donors (Lipinski definition) is 3. The summed E-state index contributed by atoms with van der Waals surface area (Å²) in [5.74, 6) is -1.29. The second-order valence-corrected chi connectivity index (χ2v) is 9.14. The van der Waals surface area contributed by atoms with Crippen LogP contribution in [0.25, 0.3) is 5.65 Å². The molecule has 0 fully saturated rings.